The minimum Gasteiger partial charge on any atom is -0.509 e. The van der Waals surface area contributed by atoms with Gasteiger partial charge in [-0.25, -0.2) is 4.98 Å². The normalized spacial score (nSPS) is 12.8. The minimum atomic E-state index is -2.25. The standard InChI is InChI=1S/C35H26N4O.Pt/c1-23-15-18-32-31(20-23)30-17-16-29(22-33(30)38(32)34-14-7-8-19-36-34)40-28-13-9-12-27(21-28)39-25(3)35(24(2)37-39)26-10-5-4-6-11-26;/h4-20H,1-3H3;/q-2;+2/i1D3,7D;. The van der Waals surface area contributed by atoms with E-state index in [1.54, 1.807) is 42.6 Å². The van der Waals surface area contributed by atoms with Crippen LogP contribution in [0.15, 0.2) is 103 Å². The average molecular weight is 718 g/mol. The second-order valence-corrected chi connectivity index (χ2v) is 9.59. The molecule has 0 N–H and O–H groups in total. The maximum absolute atomic E-state index is 8.16. The zero-order valence-electron chi connectivity index (χ0n) is 26.3. The van der Waals surface area contributed by atoms with Crippen molar-refractivity contribution in [1.29, 1.82) is 0 Å². The zero-order valence-corrected chi connectivity index (χ0v) is 24.5. The van der Waals surface area contributed by atoms with Crippen LogP contribution in [0, 0.1) is 32.8 Å². The van der Waals surface area contributed by atoms with E-state index in [0.717, 1.165) is 44.5 Å². The molecule has 3 aromatic heterocycles. The van der Waals surface area contributed by atoms with Gasteiger partial charge in [0.1, 0.15) is 5.82 Å². The van der Waals surface area contributed by atoms with Crippen LogP contribution in [0.3, 0.4) is 0 Å². The van der Waals surface area contributed by atoms with Crippen LogP contribution in [-0.4, -0.2) is 19.3 Å². The first-order chi connectivity index (χ1) is 21.2. The molecule has 0 saturated heterocycles. The monoisotopic (exact) mass is 717 g/mol. The fourth-order valence-electron chi connectivity index (χ4n) is 5.30. The van der Waals surface area contributed by atoms with Gasteiger partial charge in [-0.3, -0.25) is 4.68 Å². The van der Waals surface area contributed by atoms with Gasteiger partial charge < -0.3 is 9.30 Å². The van der Waals surface area contributed by atoms with Crippen LogP contribution in [0.5, 0.6) is 11.5 Å². The molecule has 202 valence electrons. The first-order valence-electron chi connectivity index (χ1n) is 14.9. The first-order valence-corrected chi connectivity index (χ1v) is 12.9. The third kappa shape index (κ3) is 4.77. The maximum Gasteiger partial charge on any atom is 2.00 e. The maximum atomic E-state index is 8.16. The quantitative estimate of drug-likeness (QED) is 0.168. The SMILES string of the molecule is [2H]c1ccnc(-n2c3[c-]c(Oc4[c-]c(-n5nc(C)c(-c6ccccc6)c5C)ccc4)ccc3c3cc(C([2H])([2H])[2H])ccc32)c1.[Pt+2]. The number of nitrogens with zero attached hydrogens (tertiary/aromatic N) is 4. The molecule has 0 atom stereocenters. The molecular formula is C35H26N4OPt. The van der Waals surface area contributed by atoms with E-state index in [1.165, 1.54) is 0 Å². The van der Waals surface area contributed by atoms with Gasteiger partial charge in [-0.05, 0) is 55.5 Å². The van der Waals surface area contributed by atoms with Crippen molar-refractivity contribution in [3.63, 3.8) is 0 Å². The molecule has 6 heteroatoms. The van der Waals surface area contributed by atoms with Crippen molar-refractivity contribution in [3.8, 4) is 34.1 Å². The summed E-state index contributed by atoms with van der Waals surface area (Å²) in [6, 6.07) is 34.9. The topological polar surface area (TPSA) is 44.9 Å². The molecule has 41 heavy (non-hydrogen) atoms. The number of aromatic nitrogens is 4. The first kappa shape index (κ1) is 22.2. The van der Waals surface area contributed by atoms with Crippen molar-refractivity contribution in [3.05, 3.63) is 132 Å². The molecule has 0 fully saturated rings. The number of rotatable bonds is 5. The Balaban J connectivity index is 0.00000357. The molecule has 5 nitrogen and oxygen atoms in total. The number of aryl methyl sites for hydroxylation is 2. The van der Waals surface area contributed by atoms with Crippen molar-refractivity contribution in [2.75, 3.05) is 0 Å². The number of ether oxygens (including phenoxy) is 1. The van der Waals surface area contributed by atoms with Crippen LogP contribution in [-0.2, 0) is 21.1 Å². The summed E-state index contributed by atoms with van der Waals surface area (Å²) < 4.78 is 41.9. The van der Waals surface area contributed by atoms with E-state index in [0.29, 0.717) is 28.9 Å². The third-order valence-corrected chi connectivity index (χ3v) is 7.02. The van der Waals surface area contributed by atoms with E-state index in [9.17, 15) is 0 Å². The summed E-state index contributed by atoms with van der Waals surface area (Å²) in [6.45, 7) is 1.80. The number of pyridine rings is 1. The fraction of sp³-hybridized carbons (Fsp3) is 0.0857. The molecule has 4 aromatic carbocycles. The Labute approximate surface area is 258 Å². The Bertz CT molecular complexity index is 2190. The molecule has 0 unspecified atom stereocenters. The molecule has 0 aliphatic rings. The van der Waals surface area contributed by atoms with Crippen molar-refractivity contribution >= 4 is 21.8 Å². The van der Waals surface area contributed by atoms with Crippen molar-refractivity contribution in [1.82, 2.24) is 19.3 Å². The van der Waals surface area contributed by atoms with Gasteiger partial charge in [0.05, 0.1) is 7.06 Å². The summed E-state index contributed by atoms with van der Waals surface area (Å²) in [5.41, 5.74) is 6.52. The number of benzene rings is 4. The molecule has 7 aromatic rings. The molecule has 0 saturated carbocycles. The predicted octanol–water partition coefficient (Wildman–Crippen LogP) is 8.35. The van der Waals surface area contributed by atoms with E-state index in [1.807, 2.05) is 65.6 Å². The van der Waals surface area contributed by atoms with E-state index in [-0.39, 0.29) is 26.6 Å². The molecule has 0 aliphatic heterocycles. The largest absolute Gasteiger partial charge is 2.00 e. The number of hydrogen-bond donors (Lipinski definition) is 0. The van der Waals surface area contributed by atoms with Crippen molar-refractivity contribution in [2.24, 2.45) is 0 Å². The van der Waals surface area contributed by atoms with Crippen LogP contribution >= 0.6 is 0 Å². The minimum absolute atomic E-state index is 0. The van der Waals surface area contributed by atoms with Gasteiger partial charge in [0.2, 0.25) is 0 Å². The summed E-state index contributed by atoms with van der Waals surface area (Å²) in [6.07, 6.45) is 1.58. The average Bonchev–Trinajstić information content (AvgIpc) is 3.49. The van der Waals surface area contributed by atoms with Gasteiger partial charge in [-0.1, -0.05) is 59.6 Å². The van der Waals surface area contributed by atoms with Crippen LogP contribution in [0.4, 0.5) is 0 Å². The number of hydrogen-bond acceptors (Lipinski definition) is 3. The molecule has 0 bridgehead atoms. The summed E-state index contributed by atoms with van der Waals surface area (Å²) in [5.74, 6) is 1.47. The van der Waals surface area contributed by atoms with Crippen molar-refractivity contribution in [2.45, 2.75) is 20.7 Å². The molecule has 0 amide bonds. The van der Waals surface area contributed by atoms with Crippen molar-refractivity contribution < 1.29 is 31.3 Å². The van der Waals surface area contributed by atoms with Gasteiger partial charge >= 0.3 is 21.1 Å². The zero-order chi connectivity index (χ0) is 30.6. The molecule has 0 spiro atoms. The fourth-order valence-corrected chi connectivity index (χ4v) is 5.30. The molecule has 0 aliphatic carbocycles. The Morgan fingerprint density at radius 1 is 0.854 bits per heavy atom. The Kier molecular flexibility index (Phi) is 5.88. The van der Waals surface area contributed by atoms with Crippen LogP contribution in [0.1, 0.15) is 22.4 Å². The van der Waals surface area contributed by atoms with Gasteiger partial charge in [-0.15, -0.1) is 35.7 Å². The molecular weight excluding hydrogens is 687 g/mol. The van der Waals surface area contributed by atoms with Crippen LogP contribution in [0.25, 0.3) is 44.4 Å². The van der Waals surface area contributed by atoms with Crippen LogP contribution in [0.2, 0.25) is 0 Å². The van der Waals surface area contributed by atoms with Gasteiger partial charge in [-0.2, -0.15) is 17.2 Å². The van der Waals surface area contributed by atoms with E-state index < -0.39 is 6.85 Å². The Hall–Kier alpha value is -4.47. The summed E-state index contributed by atoms with van der Waals surface area (Å²) in [5, 5.41) is 6.35. The van der Waals surface area contributed by atoms with Gasteiger partial charge in [0, 0.05) is 38.6 Å². The van der Waals surface area contributed by atoms with E-state index in [4.69, 9.17) is 15.3 Å². The van der Waals surface area contributed by atoms with Crippen LogP contribution < -0.4 is 4.74 Å². The number of fused-ring (bicyclic) bond motifs is 3. The summed E-state index contributed by atoms with van der Waals surface area (Å²) >= 11 is 0. The van der Waals surface area contributed by atoms with Gasteiger partial charge in [0.15, 0.2) is 0 Å². The summed E-state index contributed by atoms with van der Waals surface area (Å²) in [4.78, 5) is 4.51. The van der Waals surface area contributed by atoms with E-state index in [2.05, 4.69) is 29.2 Å². The predicted molar refractivity (Wildman–Crippen MR) is 160 cm³/mol. The summed E-state index contributed by atoms with van der Waals surface area (Å²) in [7, 11) is 0. The second-order valence-electron chi connectivity index (χ2n) is 9.59. The second kappa shape index (κ2) is 10.8. The molecule has 0 radical (unpaired) electrons. The Morgan fingerprint density at radius 2 is 1.71 bits per heavy atom. The molecule has 3 heterocycles. The van der Waals surface area contributed by atoms with Gasteiger partial charge in [0.25, 0.3) is 0 Å². The Morgan fingerprint density at radius 3 is 2.54 bits per heavy atom. The third-order valence-electron chi connectivity index (χ3n) is 7.02. The van der Waals surface area contributed by atoms with E-state index >= 15 is 0 Å². The smallest absolute Gasteiger partial charge is 0.509 e. The molecule has 7 rings (SSSR count).